The minimum Gasteiger partial charge on any atom is -0.352 e. The molecule has 5 nitrogen and oxygen atoms in total. The van der Waals surface area contributed by atoms with Crippen LogP contribution < -0.4 is 10.0 Å². The fraction of sp³-hybridized carbons (Fsp3) is 0.381. The molecular formula is C21H28N2O3S. The Hall–Kier alpha value is -2.34. The van der Waals surface area contributed by atoms with Crippen molar-refractivity contribution in [3.05, 3.63) is 58.7 Å². The second-order valence-electron chi connectivity index (χ2n) is 7.34. The van der Waals surface area contributed by atoms with Gasteiger partial charge in [0, 0.05) is 12.1 Å². The molecule has 2 aromatic carbocycles. The van der Waals surface area contributed by atoms with Crippen LogP contribution in [0.1, 0.15) is 47.3 Å². The first-order chi connectivity index (χ1) is 12.6. The van der Waals surface area contributed by atoms with E-state index in [-0.39, 0.29) is 10.8 Å². The van der Waals surface area contributed by atoms with E-state index in [0.717, 1.165) is 17.5 Å². The predicted octanol–water partition coefficient (Wildman–Crippen LogP) is 4.19. The minimum absolute atomic E-state index is 0.110. The van der Waals surface area contributed by atoms with Gasteiger partial charge in [0.15, 0.2) is 0 Å². The SMILES string of the molecule is Cc1ccc(NS(=O)(=O)c2cc(C(=O)NCCC(C)C)ccc2C)c(C)c1. The maximum absolute atomic E-state index is 12.9. The lowest BCUT2D eigenvalue weighted by Crippen LogP contribution is -2.26. The largest absolute Gasteiger partial charge is 0.352 e. The highest BCUT2D eigenvalue weighted by atomic mass is 32.2. The van der Waals surface area contributed by atoms with Crippen molar-refractivity contribution in [2.24, 2.45) is 5.92 Å². The average Bonchev–Trinajstić information content (AvgIpc) is 2.57. The molecule has 0 heterocycles. The lowest BCUT2D eigenvalue weighted by molar-refractivity contribution is 0.0952. The third kappa shape index (κ3) is 5.57. The molecule has 0 aliphatic rings. The highest BCUT2D eigenvalue weighted by Crippen LogP contribution is 2.23. The van der Waals surface area contributed by atoms with E-state index in [1.165, 1.54) is 6.07 Å². The lowest BCUT2D eigenvalue weighted by Gasteiger charge is -2.14. The Labute approximate surface area is 162 Å². The van der Waals surface area contributed by atoms with Crippen LogP contribution in [0.4, 0.5) is 5.69 Å². The zero-order valence-corrected chi connectivity index (χ0v) is 17.4. The van der Waals surface area contributed by atoms with Crippen LogP contribution in [-0.4, -0.2) is 20.9 Å². The number of carbonyl (C=O) groups excluding carboxylic acids is 1. The number of sulfonamides is 1. The Bertz CT molecular complexity index is 934. The van der Waals surface area contributed by atoms with Crippen LogP contribution in [-0.2, 0) is 10.0 Å². The van der Waals surface area contributed by atoms with Gasteiger partial charge in [0.2, 0.25) is 0 Å². The molecule has 0 fully saturated rings. The quantitative estimate of drug-likeness (QED) is 0.747. The number of benzene rings is 2. The summed E-state index contributed by atoms with van der Waals surface area (Å²) in [5.41, 5.74) is 3.37. The Morgan fingerprint density at radius 3 is 2.33 bits per heavy atom. The Morgan fingerprint density at radius 1 is 1.00 bits per heavy atom. The van der Waals surface area contributed by atoms with E-state index in [4.69, 9.17) is 0 Å². The number of aryl methyl sites for hydroxylation is 3. The molecule has 2 aromatic rings. The summed E-state index contributed by atoms with van der Waals surface area (Å²) in [5, 5.41) is 2.84. The first-order valence-corrected chi connectivity index (χ1v) is 10.6. The van der Waals surface area contributed by atoms with Crippen LogP contribution in [0.5, 0.6) is 0 Å². The van der Waals surface area contributed by atoms with Crippen molar-refractivity contribution in [3.8, 4) is 0 Å². The number of amides is 1. The molecule has 146 valence electrons. The van der Waals surface area contributed by atoms with Crippen LogP contribution in [0.2, 0.25) is 0 Å². The topological polar surface area (TPSA) is 75.3 Å². The zero-order chi connectivity index (χ0) is 20.2. The first kappa shape index (κ1) is 21.0. The minimum atomic E-state index is -3.80. The maximum atomic E-state index is 12.9. The van der Waals surface area contributed by atoms with E-state index in [9.17, 15) is 13.2 Å². The van der Waals surface area contributed by atoms with Gasteiger partial charge in [0.25, 0.3) is 15.9 Å². The fourth-order valence-corrected chi connectivity index (χ4v) is 4.14. The van der Waals surface area contributed by atoms with Crippen molar-refractivity contribution in [1.29, 1.82) is 0 Å². The summed E-state index contributed by atoms with van der Waals surface area (Å²) in [7, 11) is -3.80. The summed E-state index contributed by atoms with van der Waals surface area (Å²) in [6.45, 7) is 10.3. The molecule has 6 heteroatoms. The van der Waals surface area contributed by atoms with E-state index in [1.807, 2.05) is 26.0 Å². The molecule has 0 atom stereocenters. The summed E-state index contributed by atoms with van der Waals surface area (Å²) in [5.74, 6) is 0.222. The molecule has 0 aliphatic carbocycles. The summed E-state index contributed by atoms with van der Waals surface area (Å²) >= 11 is 0. The molecule has 0 radical (unpaired) electrons. The summed E-state index contributed by atoms with van der Waals surface area (Å²) in [6.07, 6.45) is 0.872. The maximum Gasteiger partial charge on any atom is 0.262 e. The molecule has 0 unspecified atom stereocenters. The molecule has 2 rings (SSSR count). The summed E-state index contributed by atoms with van der Waals surface area (Å²) in [6, 6.07) is 10.3. The summed E-state index contributed by atoms with van der Waals surface area (Å²) < 4.78 is 28.4. The van der Waals surface area contributed by atoms with E-state index >= 15 is 0 Å². The van der Waals surface area contributed by atoms with Gasteiger partial charge in [-0.05, 0) is 62.4 Å². The van der Waals surface area contributed by atoms with Gasteiger partial charge in [-0.15, -0.1) is 0 Å². The van der Waals surface area contributed by atoms with E-state index in [2.05, 4.69) is 23.9 Å². The van der Waals surface area contributed by atoms with Crippen LogP contribution >= 0.6 is 0 Å². The third-order valence-electron chi connectivity index (χ3n) is 4.37. The van der Waals surface area contributed by atoms with E-state index in [0.29, 0.717) is 29.3 Å². The molecule has 0 bridgehead atoms. The van der Waals surface area contributed by atoms with Crippen molar-refractivity contribution in [2.45, 2.75) is 45.9 Å². The molecule has 27 heavy (non-hydrogen) atoms. The number of carbonyl (C=O) groups is 1. The smallest absolute Gasteiger partial charge is 0.262 e. The number of hydrogen-bond donors (Lipinski definition) is 2. The van der Waals surface area contributed by atoms with Crippen molar-refractivity contribution >= 4 is 21.6 Å². The fourth-order valence-electron chi connectivity index (χ4n) is 2.74. The Kier molecular flexibility index (Phi) is 6.65. The molecular weight excluding hydrogens is 360 g/mol. The Balaban J connectivity index is 2.27. The number of rotatable bonds is 7. The van der Waals surface area contributed by atoms with Crippen molar-refractivity contribution in [3.63, 3.8) is 0 Å². The third-order valence-corrected chi connectivity index (χ3v) is 5.88. The molecule has 0 saturated carbocycles. The second kappa shape index (κ2) is 8.57. The highest BCUT2D eigenvalue weighted by Gasteiger charge is 2.20. The number of nitrogens with one attached hydrogen (secondary N) is 2. The van der Waals surface area contributed by atoms with Gasteiger partial charge in [-0.2, -0.15) is 0 Å². The normalized spacial score (nSPS) is 11.5. The van der Waals surface area contributed by atoms with Gasteiger partial charge in [-0.25, -0.2) is 8.42 Å². The summed E-state index contributed by atoms with van der Waals surface area (Å²) in [4.78, 5) is 12.5. The Morgan fingerprint density at radius 2 is 1.70 bits per heavy atom. The van der Waals surface area contributed by atoms with Gasteiger partial charge in [0.1, 0.15) is 0 Å². The lowest BCUT2D eigenvalue weighted by atomic mass is 10.1. The molecule has 0 aromatic heterocycles. The van der Waals surface area contributed by atoms with Gasteiger partial charge in [-0.1, -0.05) is 37.6 Å². The van der Waals surface area contributed by atoms with Crippen LogP contribution in [0.15, 0.2) is 41.3 Å². The molecule has 0 aliphatic heterocycles. The van der Waals surface area contributed by atoms with Gasteiger partial charge < -0.3 is 5.32 Å². The average molecular weight is 389 g/mol. The monoisotopic (exact) mass is 388 g/mol. The molecule has 2 N–H and O–H groups in total. The number of anilines is 1. The van der Waals surface area contributed by atoms with E-state index in [1.54, 1.807) is 25.1 Å². The van der Waals surface area contributed by atoms with Crippen LogP contribution in [0, 0.1) is 26.7 Å². The zero-order valence-electron chi connectivity index (χ0n) is 16.6. The molecule has 0 spiro atoms. The van der Waals surface area contributed by atoms with Crippen LogP contribution in [0.3, 0.4) is 0 Å². The van der Waals surface area contributed by atoms with Crippen molar-refractivity contribution < 1.29 is 13.2 Å². The second-order valence-corrected chi connectivity index (χ2v) is 8.99. The molecule has 0 saturated heterocycles. The first-order valence-electron chi connectivity index (χ1n) is 9.09. The predicted molar refractivity (Wildman–Crippen MR) is 110 cm³/mol. The van der Waals surface area contributed by atoms with E-state index < -0.39 is 10.0 Å². The van der Waals surface area contributed by atoms with Gasteiger partial charge >= 0.3 is 0 Å². The number of hydrogen-bond acceptors (Lipinski definition) is 3. The highest BCUT2D eigenvalue weighted by molar-refractivity contribution is 7.92. The van der Waals surface area contributed by atoms with Gasteiger partial charge in [-0.3, -0.25) is 9.52 Å². The standard InChI is InChI=1S/C21H28N2O3S/c1-14(2)10-11-22-21(24)18-8-7-16(4)20(13-18)27(25,26)23-19-9-6-15(3)12-17(19)5/h6-9,12-14,23H,10-11H2,1-5H3,(H,22,24). The van der Waals surface area contributed by atoms with Crippen molar-refractivity contribution in [2.75, 3.05) is 11.3 Å². The van der Waals surface area contributed by atoms with Gasteiger partial charge in [0.05, 0.1) is 10.6 Å². The molecule has 1 amide bonds. The van der Waals surface area contributed by atoms with Crippen LogP contribution in [0.25, 0.3) is 0 Å². The van der Waals surface area contributed by atoms with Crippen molar-refractivity contribution in [1.82, 2.24) is 5.32 Å².